The fourth-order valence-electron chi connectivity index (χ4n) is 3.63. The quantitative estimate of drug-likeness (QED) is 0.507. The molecule has 0 aliphatic carbocycles. The van der Waals surface area contributed by atoms with E-state index in [-0.39, 0.29) is 30.1 Å². The molecule has 1 aliphatic rings. The standard InChI is InChI=1S/C20H40O5/c1-6-7-8-9-10-11-17(23-5)12-13-24-19-15(2)18(14-22-4)25-20(21)16(19)3/h15-21H,6-14H2,1-5H3. The summed E-state index contributed by atoms with van der Waals surface area (Å²) < 4.78 is 22.6. The van der Waals surface area contributed by atoms with Crippen molar-refractivity contribution in [3.63, 3.8) is 0 Å². The molecule has 1 heterocycles. The molecule has 1 fully saturated rings. The topological polar surface area (TPSA) is 57.2 Å². The van der Waals surface area contributed by atoms with Crippen LogP contribution in [0.4, 0.5) is 0 Å². The Bertz CT molecular complexity index is 325. The normalized spacial score (nSPS) is 31.2. The SMILES string of the molecule is CCCCCCCC(CCOC1C(C)C(O)OC(COC)C1C)OC. The van der Waals surface area contributed by atoms with Gasteiger partial charge in [-0.25, -0.2) is 0 Å². The van der Waals surface area contributed by atoms with E-state index in [1.165, 1.54) is 32.1 Å². The van der Waals surface area contributed by atoms with Gasteiger partial charge in [-0.15, -0.1) is 0 Å². The summed E-state index contributed by atoms with van der Waals surface area (Å²) in [6.45, 7) is 7.46. The molecule has 5 nitrogen and oxygen atoms in total. The average Bonchev–Trinajstić information content (AvgIpc) is 2.60. The smallest absolute Gasteiger partial charge is 0.160 e. The van der Waals surface area contributed by atoms with E-state index in [4.69, 9.17) is 18.9 Å². The predicted molar refractivity (Wildman–Crippen MR) is 99.6 cm³/mol. The summed E-state index contributed by atoms with van der Waals surface area (Å²) in [5.41, 5.74) is 0. The monoisotopic (exact) mass is 360 g/mol. The van der Waals surface area contributed by atoms with Gasteiger partial charge in [0.2, 0.25) is 0 Å². The van der Waals surface area contributed by atoms with Crippen LogP contribution in [0.2, 0.25) is 0 Å². The summed E-state index contributed by atoms with van der Waals surface area (Å²) in [5, 5.41) is 10.1. The molecule has 0 aromatic carbocycles. The molecule has 1 rings (SSSR count). The van der Waals surface area contributed by atoms with Crippen LogP contribution in [-0.4, -0.2) is 57.1 Å². The van der Waals surface area contributed by atoms with Gasteiger partial charge in [0.05, 0.1) is 24.9 Å². The number of hydrogen-bond acceptors (Lipinski definition) is 5. The summed E-state index contributed by atoms with van der Waals surface area (Å²) in [6.07, 6.45) is 7.73. The summed E-state index contributed by atoms with van der Waals surface area (Å²) in [5.74, 6) is 0.145. The van der Waals surface area contributed by atoms with Crippen molar-refractivity contribution in [3.8, 4) is 0 Å². The molecule has 6 atom stereocenters. The lowest BCUT2D eigenvalue weighted by Gasteiger charge is -2.42. The molecule has 0 aromatic rings. The van der Waals surface area contributed by atoms with Gasteiger partial charge in [-0.1, -0.05) is 52.9 Å². The van der Waals surface area contributed by atoms with E-state index in [0.717, 1.165) is 12.8 Å². The molecule has 150 valence electrons. The summed E-state index contributed by atoms with van der Waals surface area (Å²) in [6, 6.07) is 0. The van der Waals surface area contributed by atoms with Crippen LogP contribution in [0.25, 0.3) is 0 Å². The maximum absolute atomic E-state index is 10.1. The molecule has 25 heavy (non-hydrogen) atoms. The first-order valence-corrected chi connectivity index (χ1v) is 10.0. The number of aliphatic hydroxyl groups is 1. The molecular weight excluding hydrogens is 320 g/mol. The lowest BCUT2D eigenvalue weighted by atomic mass is 9.86. The molecule has 0 saturated carbocycles. The van der Waals surface area contributed by atoms with Crippen LogP contribution in [-0.2, 0) is 18.9 Å². The molecule has 0 aromatic heterocycles. The van der Waals surface area contributed by atoms with Gasteiger partial charge >= 0.3 is 0 Å². The maximum Gasteiger partial charge on any atom is 0.160 e. The van der Waals surface area contributed by atoms with Crippen molar-refractivity contribution < 1.29 is 24.1 Å². The number of methoxy groups -OCH3 is 2. The van der Waals surface area contributed by atoms with E-state index in [0.29, 0.717) is 13.2 Å². The van der Waals surface area contributed by atoms with Gasteiger partial charge in [0.1, 0.15) is 0 Å². The van der Waals surface area contributed by atoms with Gasteiger partial charge < -0.3 is 24.1 Å². The zero-order valence-corrected chi connectivity index (χ0v) is 16.9. The Morgan fingerprint density at radius 3 is 2.36 bits per heavy atom. The molecule has 0 spiro atoms. The molecular formula is C20H40O5. The van der Waals surface area contributed by atoms with Gasteiger partial charge in [-0.05, 0) is 12.8 Å². The fraction of sp³-hybridized carbons (Fsp3) is 1.00. The first-order chi connectivity index (χ1) is 12.0. The minimum atomic E-state index is -0.793. The van der Waals surface area contributed by atoms with E-state index >= 15 is 0 Å². The lowest BCUT2D eigenvalue weighted by Crippen LogP contribution is -2.51. The Kier molecular flexibility index (Phi) is 11.9. The number of ether oxygens (including phenoxy) is 4. The lowest BCUT2D eigenvalue weighted by molar-refractivity contribution is -0.258. The van der Waals surface area contributed by atoms with E-state index in [9.17, 15) is 5.11 Å². The van der Waals surface area contributed by atoms with Crippen molar-refractivity contribution in [2.45, 2.75) is 90.3 Å². The van der Waals surface area contributed by atoms with Crippen LogP contribution in [0.3, 0.4) is 0 Å². The fourth-order valence-corrected chi connectivity index (χ4v) is 3.63. The van der Waals surface area contributed by atoms with Crippen LogP contribution in [0, 0.1) is 11.8 Å². The van der Waals surface area contributed by atoms with E-state index in [2.05, 4.69) is 13.8 Å². The average molecular weight is 361 g/mol. The van der Waals surface area contributed by atoms with Gasteiger partial charge in [-0.3, -0.25) is 0 Å². The molecule has 1 aliphatic heterocycles. The van der Waals surface area contributed by atoms with Gasteiger partial charge in [-0.2, -0.15) is 0 Å². The first kappa shape index (κ1) is 22.8. The third-order valence-electron chi connectivity index (χ3n) is 5.43. The Morgan fingerprint density at radius 2 is 1.72 bits per heavy atom. The highest BCUT2D eigenvalue weighted by Gasteiger charge is 2.41. The highest BCUT2D eigenvalue weighted by Crippen LogP contribution is 2.31. The third kappa shape index (κ3) is 7.92. The van der Waals surface area contributed by atoms with Crippen molar-refractivity contribution in [3.05, 3.63) is 0 Å². The molecule has 1 saturated heterocycles. The van der Waals surface area contributed by atoms with Crippen LogP contribution in [0.1, 0.15) is 65.7 Å². The Hall–Kier alpha value is -0.200. The van der Waals surface area contributed by atoms with Gasteiger partial charge in [0, 0.05) is 32.7 Å². The minimum Gasteiger partial charge on any atom is -0.382 e. The largest absolute Gasteiger partial charge is 0.382 e. The van der Waals surface area contributed by atoms with Crippen LogP contribution in [0.5, 0.6) is 0 Å². The van der Waals surface area contributed by atoms with E-state index in [1.54, 1.807) is 14.2 Å². The Balaban J connectivity index is 2.35. The second-order valence-corrected chi connectivity index (χ2v) is 7.42. The predicted octanol–water partition coefficient (Wildman–Crippen LogP) is 3.77. The second kappa shape index (κ2) is 13.0. The summed E-state index contributed by atoms with van der Waals surface area (Å²) in [7, 11) is 3.44. The van der Waals surface area contributed by atoms with Gasteiger partial charge in [0.15, 0.2) is 6.29 Å². The highest BCUT2D eigenvalue weighted by atomic mass is 16.6. The molecule has 0 radical (unpaired) electrons. The molecule has 5 heteroatoms. The van der Waals surface area contributed by atoms with E-state index < -0.39 is 6.29 Å². The molecule has 0 bridgehead atoms. The second-order valence-electron chi connectivity index (χ2n) is 7.42. The van der Waals surface area contributed by atoms with Crippen LogP contribution < -0.4 is 0 Å². The maximum atomic E-state index is 10.1. The van der Waals surface area contributed by atoms with Gasteiger partial charge in [0.25, 0.3) is 0 Å². The number of unbranched alkanes of at least 4 members (excludes halogenated alkanes) is 4. The molecule has 1 N–H and O–H groups in total. The first-order valence-electron chi connectivity index (χ1n) is 10.0. The molecule has 6 unspecified atom stereocenters. The zero-order valence-electron chi connectivity index (χ0n) is 16.9. The third-order valence-corrected chi connectivity index (χ3v) is 5.43. The van der Waals surface area contributed by atoms with Crippen molar-refractivity contribution in [2.24, 2.45) is 11.8 Å². The van der Waals surface area contributed by atoms with Crippen molar-refractivity contribution in [1.29, 1.82) is 0 Å². The number of hydrogen-bond donors (Lipinski definition) is 1. The van der Waals surface area contributed by atoms with Crippen LogP contribution >= 0.6 is 0 Å². The van der Waals surface area contributed by atoms with Crippen molar-refractivity contribution in [1.82, 2.24) is 0 Å². The minimum absolute atomic E-state index is 0.0223. The number of aliphatic hydroxyl groups excluding tert-OH is 1. The van der Waals surface area contributed by atoms with Crippen molar-refractivity contribution in [2.75, 3.05) is 27.4 Å². The van der Waals surface area contributed by atoms with E-state index in [1.807, 2.05) is 6.92 Å². The molecule has 0 amide bonds. The summed E-state index contributed by atoms with van der Waals surface area (Å²) >= 11 is 0. The Labute approximate surface area is 154 Å². The van der Waals surface area contributed by atoms with Crippen LogP contribution in [0.15, 0.2) is 0 Å². The zero-order chi connectivity index (χ0) is 18.7. The Morgan fingerprint density at radius 1 is 1.00 bits per heavy atom. The summed E-state index contributed by atoms with van der Waals surface area (Å²) in [4.78, 5) is 0. The van der Waals surface area contributed by atoms with Crippen molar-refractivity contribution >= 4 is 0 Å². The number of rotatable bonds is 13. The highest BCUT2D eigenvalue weighted by molar-refractivity contribution is 4.85.